The number of fused-ring (bicyclic) bond motifs is 1. The number of hydrazine groups is 1. The summed E-state index contributed by atoms with van der Waals surface area (Å²) in [4.78, 5) is 4.01. The SMILES string of the molecule is NNC(c1ccnc(Cl)c1)c1cccc2ccccc12. The van der Waals surface area contributed by atoms with Crippen molar-refractivity contribution in [3.63, 3.8) is 0 Å². The molecule has 0 aliphatic heterocycles. The number of nitrogens with two attached hydrogens (primary N) is 1. The number of benzene rings is 2. The Morgan fingerprint density at radius 3 is 2.65 bits per heavy atom. The number of nitrogens with one attached hydrogen (secondary N) is 1. The molecule has 3 nitrogen and oxygen atoms in total. The monoisotopic (exact) mass is 283 g/mol. The Bertz CT molecular complexity index is 737. The maximum atomic E-state index is 5.97. The summed E-state index contributed by atoms with van der Waals surface area (Å²) >= 11 is 5.97. The minimum Gasteiger partial charge on any atom is -0.271 e. The maximum absolute atomic E-state index is 5.97. The van der Waals surface area contributed by atoms with E-state index in [1.54, 1.807) is 6.20 Å². The summed E-state index contributed by atoms with van der Waals surface area (Å²) in [5.41, 5.74) is 4.98. The molecule has 0 fully saturated rings. The second kappa shape index (κ2) is 5.59. The standard InChI is InChI=1S/C16H14ClN3/c17-15-10-12(8-9-19-15)16(20-18)14-7-3-5-11-4-1-2-6-13(11)14/h1-10,16,20H,18H2. The van der Waals surface area contributed by atoms with Gasteiger partial charge in [-0.05, 0) is 34.0 Å². The van der Waals surface area contributed by atoms with E-state index in [0.29, 0.717) is 5.15 Å². The second-order valence-electron chi connectivity index (χ2n) is 4.58. The highest BCUT2D eigenvalue weighted by molar-refractivity contribution is 6.29. The lowest BCUT2D eigenvalue weighted by atomic mass is 9.95. The molecule has 0 saturated heterocycles. The van der Waals surface area contributed by atoms with Crippen LogP contribution in [0.15, 0.2) is 60.8 Å². The Morgan fingerprint density at radius 2 is 1.85 bits per heavy atom. The third kappa shape index (κ3) is 2.39. The lowest BCUT2D eigenvalue weighted by Crippen LogP contribution is -2.29. The molecule has 0 radical (unpaired) electrons. The second-order valence-corrected chi connectivity index (χ2v) is 4.97. The molecule has 4 heteroatoms. The Labute approximate surface area is 122 Å². The molecule has 1 heterocycles. The van der Waals surface area contributed by atoms with Gasteiger partial charge in [0.05, 0.1) is 6.04 Å². The molecular formula is C16H14ClN3. The van der Waals surface area contributed by atoms with Gasteiger partial charge >= 0.3 is 0 Å². The van der Waals surface area contributed by atoms with Crippen molar-refractivity contribution in [2.45, 2.75) is 6.04 Å². The Hall–Kier alpha value is -1.94. The zero-order valence-electron chi connectivity index (χ0n) is 10.8. The van der Waals surface area contributed by atoms with Crippen molar-refractivity contribution in [2.24, 2.45) is 5.84 Å². The van der Waals surface area contributed by atoms with Gasteiger partial charge in [-0.1, -0.05) is 54.1 Å². The Kier molecular flexibility index (Phi) is 3.65. The van der Waals surface area contributed by atoms with Crippen LogP contribution in [0.5, 0.6) is 0 Å². The first-order valence-electron chi connectivity index (χ1n) is 6.35. The van der Waals surface area contributed by atoms with E-state index in [2.05, 4.69) is 34.7 Å². The predicted octanol–water partition coefficient (Wildman–Crippen LogP) is 3.44. The number of nitrogens with zero attached hydrogens (tertiary/aromatic N) is 1. The molecule has 0 aliphatic rings. The summed E-state index contributed by atoms with van der Waals surface area (Å²) in [6.45, 7) is 0. The number of aromatic nitrogens is 1. The van der Waals surface area contributed by atoms with Gasteiger partial charge in [-0.25, -0.2) is 10.4 Å². The molecule has 0 aliphatic carbocycles. The van der Waals surface area contributed by atoms with Gasteiger partial charge in [0.1, 0.15) is 5.15 Å². The number of rotatable bonds is 3. The molecule has 1 aromatic heterocycles. The molecule has 0 amide bonds. The number of pyridine rings is 1. The summed E-state index contributed by atoms with van der Waals surface area (Å²) in [5, 5.41) is 2.82. The van der Waals surface area contributed by atoms with Crippen molar-refractivity contribution in [3.8, 4) is 0 Å². The first-order valence-corrected chi connectivity index (χ1v) is 6.72. The molecule has 3 rings (SSSR count). The van der Waals surface area contributed by atoms with E-state index in [1.807, 2.05) is 30.3 Å². The highest BCUT2D eigenvalue weighted by Crippen LogP contribution is 2.29. The summed E-state index contributed by atoms with van der Waals surface area (Å²) in [5.74, 6) is 5.76. The molecule has 0 spiro atoms. The Balaban J connectivity index is 2.17. The van der Waals surface area contributed by atoms with E-state index in [9.17, 15) is 0 Å². The van der Waals surface area contributed by atoms with Gasteiger partial charge in [0.2, 0.25) is 0 Å². The van der Waals surface area contributed by atoms with Crippen molar-refractivity contribution in [1.29, 1.82) is 0 Å². The van der Waals surface area contributed by atoms with Crippen molar-refractivity contribution in [1.82, 2.24) is 10.4 Å². The molecular weight excluding hydrogens is 270 g/mol. The highest BCUT2D eigenvalue weighted by atomic mass is 35.5. The molecule has 0 saturated carbocycles. The van der Waals surface area contributed by atoms with E-state index < -0.39 is 0 Å². The molecule has 20 heavy (non-hydrogen) atoms. The van der Waals surface area contributed by atoms with Crippen LogP contribution >= 0.6 is 11.6 Å². The quantitative estimate of drug-likeness (QED) is 0.440. The molecule has 3 N–H and O–H groups in total. The molecule has 1 atom stereocenters. The summed E-state index contributed by atoms with van der Waals surface area (Å²) in [6.07, 6.45) is 1.69. The van der Waals surface area contributed by atoms with Crippen molar-refractivity contribution in [2.75, 3.05) is 0 Å². The smallest absolute Gasteiger partial charge is 0.129 e. The van der Waals surface area contributed by atoms with Crippen LogP contribution < -0.4 is 11.3 Å². The van der Waals surface area contributed by atoms with Gasteiger partial charge in [-0.2, -0.15) is 0 Å². The van der Waals surface area contributed by atoms with E-state index in [0.717, 1.165) is 11.1 Å². The maximum Gasteiger partial charge on any atom is 0.129 e. The summed E-state index contributed by atoms with van der Waals surface area (Å²) in [7, 11) is 0. The summed E-state index contributed by atoms with van der Waals surface area (Å²) < 4.78 is 0. The molecule has 1 unspecified atom stereocenters. The molecule has 0 bridgehead atoms. The number of halogens is 1. The topological polar surface area (TPSA) is 50.9 Å². The van der Waals surface area contributed by atoms with Crippen molar-refractivity contribution < 1.29 is 0 Å². The minimum absolute atomic E-state index is 0.124. The van der Waals surface area contributed by atoms with E-state index in [1.165, 1.54) is 10.8 Å². The fraction of sp³-hybridized carbons (Fsp3) is 0.0625. The number of hydrogen-bond acceptors (Lipinski definition) is 3. The van der Waals surface area contributed by atoms with Crippen LogP contribution in [0.1, 0.15) is 17.2 Å². The van der Waals surface area contributed by atoms with Crippen molar-refractivity contribution >= 4 is 22.4 Å². The van der Waals surface area contributed by atoms with Crippen LogP contribution in [-0.2, 0) is 0 Å². The number of hydrogen-bond donors (Lipinski definition) is 2. The van der Waals surface area contributed by atoms with Crippen LogP contribution in [0.25, 0.3) is 10.8 Å². The van der Waals surface area contributed by atoms with Gasteiger partial charge in [0, 0.05) is 6.20 Å². The largest absolute Gasteiger partial charge is 0.271 e. The molecule has 3 aromatic rings. The molecule has 2 aromatic carbocycles. The van der Waals surface area contributed by atoms with Gasteiger partial charge in [-0.15, -0.1) is 0 Å². The fourth-order valence-corrected chi connectivity index (χ4v) is 2.65. The first kappa shape index (κ1) is 13.1. The lowest BCUT2D eigenvalue weighted by Gasteiger charge is -2.19. The Morgan fingerprint density at radius 1 is 1.05 bits per heavy atom. The van der Waals surface area contributed by atoms with Crippen LogP contribution in [0.4, 0.5) is 0 Å². The van der Waals surface area contributed by atoms with Gasteiger partial charge in [-0.3, -0.25) is 5.84 Å². The molecule has 100 valence electrons. The van der Waals surface area contributed by atoms with Crippen LogP contribution in [0.3, 0.4) is 0 Å². The normalized spacial score (nSPS) is 12.5. The van der Waals surface area contributed by atoms with Gasteiger partial charge in [0.15, 0.2) is 0 Å². The van der Waals surface area contributed by atoms with Gasteiger partial charge in [0.25, 0.3) is 0 Å². The first-order chi connectivity index (χ1) is 9.79. The third-order valence-corrected chi connectivity index (χ3v) is 3.59. The van der Waals surface area contributed by atoms with E-state index in [4.69, 9.17) is 17.4 Å². The van der Waals surface area contributed by atoms with Crippen molar-refractivity contribution in [3.05, 3.63) is 77.1 Å². The lowest BCUT2D eigenvalue weighted by molar-refractivity contribution is 0.640. The van der Waals surface area contributed by atoms with Crippen LogP contribution in [-0.4, -0.2) is 4.98 Å². The minimum atomic E-state index is -0.124. The van der Waals surface area contributed by atoms with E-state index in [-0.39, 0.29) is 6.04 Å². The predicted molar refractivity (Wildman–Crippen MR) is 82.4 cm³/mol. The fourth-order valence-electron chi connectivity index (χ4n) is 2.46. The highest BCUT2D eigenvalue weighted by Gasteiger charge is 2.15. The van der Waals surface area contributed by atoms with E-state index >= 15 is 0 Å². The third-order valence-electron chi connectivity index (χ3n) is 3.38. The zero-order valence-corrected chi connectivity index (χ0v) is 11.5. The van der Waals surface area contributed by atoms with Crippen LogP contribution in [0, 0.1) is 0 Å². The summed E-state index contributed by atoms with van der Waals surface area (Å²) in [6, 6.07) is 18.1. The zero-order chi connectivity index (χ0) is 13.9. The average Bonchev–Trinajstić information content (AvgIpc) is 2.48. The van der Waals surface area contributed by atoms with Gasteiger partial charge < -0.3 is 0 Å². The average molecular weight is 284 g/mol. The van der Waals surface area contributed by atoms with Crippen LogP contribution in [0.2, 0.25) is 5.15 Å².